The van der Waals surface area contributed by atoms with Crippen LogP contribution in [0.2, 0.25) is 0 Å². The van der Waals surface area contributed by atoms with Crippen LogP contribution in [-0.4, -0.2) is 41.9 Å². The Balaban J connectivity index is 1.52. The number of carbonyl (C=O) groups excluding carboxylic acids is 1. The van der Waals surface area contributed by atoms with Gasteiger partial charge in [0.05, 0.1) is 5.56 Å². The summed E-state index contributed by atoms with van der Waals surface area (Å²) in [5.41, 5.74) is 7.36. The van der Waals surface area contributed by atoms with Gasteiger partial charge >= 0.3 is 0 Å². The van der Waals surface area contributed by atoms with Crippen molar-refractivity contribution in [2.75, 3.05) is 26.2 Å². The Morgan fingerprint density at radius 1 is 1.32 bits per heavy atom. The first-order valence-electron chi connectivity index (χ1n) is 7.49. The summed E-state index contributed by atoms with van der Waals surface area (Å²) in [5, 5.41) is 6.25. The van der Waals surface area contributed by atoms with Crippen LogP contribution >= 0.6 is 22.7 Å². The molecular weight excluding hydrogens is 314 g/mol. The van der Waals surface area contributed by atoms with Crippen molar-refractivity contribution >= 4 is 28.6 Å². The highest BCUT2D eigenvalue weighted by atomic mass is 32.1. The van der Waals surface area contributed by atoms with E-state index >= 15 is 0 Å². The number of primary amides is 1. The molecule has 0 radical (unpaired) electrons. The Bertz CT molecular complexity index is 615. The third-order valence-corrected chi connectivity index (χ3v) is 5.92. The smallest absolute Gasteiger partial charge is 0.249 e. The van der Waals surface area contributed by atoms with Crippen LogP contribution in [-0.2, 0) is 6.54 Å². The number of amides is 1. The van der Waals surface area contributed by atoms with Gasteiger partial charge in [-0.2, -0.15) is 11.3 Å². The van der Waals surface area contributed by atoms with Crippen LogP contribution in [0.5, 0.6) is 0 Å². The molecule has 4 nitrogen and oxygen atoms in total. The van der Waals surface area contributed by atoms with Gasteiger partial charge in [-0.15, -0.1) is 11.3 Å². The molecule has 0 unspecified atom stereocenters. The number of nitrogens with two attached hydrogens (primary N) is 1. The molecule has 3 rings (SSSR count). The second-order valence-corrected chi connectivity index (χ2v) is 7.49. The van der Waals surface area contributed by atoms with Crippen LogP contribution in [0.15, 0.2) is 28.3 Å². The normalized spacial score (nSPS) is 18.4. The highest BCUT2D eigenvalue weighted by molar-refractivity contribution is 7.10. The summed E-state index contributed by atoms with van der Waals surface area (Å²) in [6, 6.07) is 4.64. The molecule has 1 amide bonds. The highest BCUT2D eigenvalue weighted by Crippen LogP contribution is 2.24. The van der Waals surface area contributed by atoms with Crippen molar-refractivity contribution < 1.29 is 4.79 Å². The van der Waals surface area contributed by atoms with Crippen LogP contribution in [0.1, 0.15) is 33.8 Å². The van der Waals surface area contributed by atoms with Gasteiger partial charge in [0.15, 0.2) is 0 Å². The van der Waals surface area contributed by atoms with E-state index in [0.717, 1.165) is 32.7 Å². The average molecular weight is 335 g/mol. The number of carbonyl (C=O) groups is 1. The predicted octanol–water partition coefficient (Wildman–Crippen LogP) is 2.79. The zero-order chi connectivity index (χ0) is 15.5. The van der Waals surface area contributed by atoms with Crippen LogP contribution in [0.4, 0.5) is 0 Å². The van der Waals surface area contributed by atoms with E-state index < -0.39 is 0 Å². The zero-order valence-corrected chi connectivity index (χ0v) is 14.3. The van der Waals surface area contributed by atoms with Gasteiger partial charge in [0, 0.05) is 49.0 Å². The largest absolute Gasteiger partial charge is 0.366 e. The topological polar surface area (TPSA) is 49.6 Å². The van der Waals surface area contributed by atoms with E-state index in [1.165, 1.54) is 10.4 Å². The summed E-state index contributed by atoms with van der Waals surface area (Å²) in [6.45, 7) is 7.52. The van der Waals surface area contributed by atoms with Crippen molar-refractivity contribution in [3.63, 3.8) is 0 Å². The van der Waals surface area contributed by atoms with E-state index in [1.807, 2.05) is 11.4 Å². The van der Waals surface area contributed by atoms with Gasteiger partial charge < -0.3 is 5.73 Å². The first-order chi connectivity index (χ1) is 10.6. The number of rotatable bonds is 5. The molecule has 1 saturated heterocycles. The summed E-state index contributed by atoms with van der Waals surface area (Å²) >= 11 is 3.39. The first kappa shape index (κ1) is 15.7. The SMILES string of the molecule is C[C@H](c1ccsc1)N1CCN(Cc2cc(C(N)=O)cs2)CC1. The lowest BCUT2D eigenvalue weighted by Gasteiger charge is -2.37. The second kappa shape index (κ2) is 6.91. The van der Waals surface area contributed by atoms with Crippen molar-refractivity contribution in [3.05, 3.63) is 44.3 Å². The molecule has 6 heteroatoms. The van der Waals surface area contributed by atoms with Crippen LogP contribution < -0.4 is 5.73 Å². The van der Waals surface area contributed by atoms with E-state index in [4.69, 9.17) is 5.73 Å². The van der Waals surface area contributed by atoms with Crippen molar-refractivity contribution in [3.8, 4) is 0 Å². The van der Waals surface area contributed by atoms with Gasteiger partial charge in [-0.3, -0.25) is 14.6 Å². The number of hydrogen-bond acceptors (Lipinski definition) is 5. The molecule has 22 heavy (non-hydrogen) atoms. The van der Waals surface area contributed by atoms with Crippen molar-refractivity contribution in [1.82, 2.24) is 9.80 Å². The maximum absolute atomic E-state index is 11.1. The molecule has 118 valence electrons. The molecule has 1 fully saturated rings. The molecule has 1 aliphatic rings. The van der Waals surface area contributed by atoms with E-state index in [2.05, 4.69) is 33.6 Å². The third-order valence-electron chi connectivity index (χ3n) is 4.30. The van der Waals surface area contributed by atoms with Gasteiger partial charge in [0.2, 0.25) is 5.91 Å². The number of piperazine rings is 1. The Labute approximate surface area is 139 Å². The van der Waals surface area contributed by atoms with E-state index in [0.29, 0.717) is 11.6 Å². The van der Waals surface area contributed by atoms with Gasteiger partial charge in [-0.05, 0) is 35.4 Å². The van der Waals surface area contributed by atoms with Gasteiger partial charge in [-0.1, -0.05) is 0 Å². The summed E-state index contributed by atoms with van der Waals surface area (Å²) in [4.78, 5) is 17.4. The minimum absolute atomic E-state index is 0.336. The molecule has 0 aromatic carbocycles. The third kappa shape index (κ3) is 3.57. The number of thiophene rings is 2. The van der Waals surface area contributed by atoms with Gasteiger partial charge in [0.1, 0.15) is 0 Å². The first-order valence-corrected chi connectivity index (χ1v) is 9.31. The second-order valence-electron chi connectivity index (χ2n) is 5.71. The molecule has 1 atom stereocenters. The van der Waals surface area contributed by atoms with Gasteiger partial charge in [-0.25, -0.2) is 0 Å². The quantitative estimate of drug-likeness (QED) is 0.914. The summed E-state index contributed by atoms with van der Waals surface area (Å²) in [5.74, 6) is -0.336. The standard InChI is InChI=1S/C16H21N3OS2/c1-12(13-2-7-21-10-13)19-5-3-18(4-6-19)9-15-8-14(11-22-15)16(17)20/h2,7-8,10-12H,3-6,9H2,1H3,(H2,17,20)/t12-/m1/s1. The van der Waals surface area contributed by atoms with Crippen molar-refractivity contribution in [2.45, 2.75) is 19.5 Å². The molecule has 3 heterocycles. The van der Waals surface area contributed by atoms with Crippen LogP contribution in [0, 0.1) is 0 Å². The summed E-state index contributed by atoms with van der Waals surface area (Å²) in [7, 11) is 0. The Kier molecular flexibility index (Phi) is 4.93. The fourth-order valence-electron chi connectivity index (χ4n) is 2.85. The minimum atomic E-state index is -0.336. The Hall–Kier alpha value is -1.21. The molecule has 0 spiro atoms. The predicted molar refractivity (Wildman–Crippen MR) is 92.4 cm³/mol. The molecule has 2 aromatic rings. The maximum atomic E-state index is 11.1. The highest BCUT2D eigenvalue weighted by Gasteiger charge is 2.22. The Morgan fingerprint density at radius 3 is 2.68 bits per heavy atom. The zero-order valence-electron chi connectivity index (χ0n) is 12.7. The molecular formula is C16H21N3OS2. The van der Waals surface area contributed by atoms with Crippen LogP contribution in [0.25, 0.3) is 0 Å². The summed E-state index contributed by atoms with van der Waals surface area (Å²) in [6.07, 6.45) is 0. The maximum Gasteiger partial charge on any atom is 0.249 e. The minimum Gasteiger partial charge on any atom is -0.366 e. The summed E-state index contributed by atoms with van der Waals surface area (Å²) < 4.78 is 0. The lowest BCUT2D eigenvalue weighted by atomic mass is 10.1. The molecule has 0 bridgehead atoms. The van der Waals surface area contributed by atoms with Gasteiger partial charge in [0.25, 0.3) is 0 Å². The number of hydrogen-bond donors (Lipinski definition) is 1. The molecule has 2 N–H and O–H groups in total. The molecule has 2 aromatic heterocycles. The van der Waals surface area contributed by atoms with E-state index in [1.54, 1.807) is 22.7 Å². The molecule has 1 aliphatic heterocycles. The molecule has 0 saturated carbocycles. The van der Waals surface area contributed by atoms with Crippen molar-refractivity contribution in [1.29, 1.82) is 0 Å². The number of nitrogens with zero attached hydrogens (tertiary/aromatic N) is 2. The fourth-order valence-corrected chi connectivity index (χ4v) is 4.51. The lowest BCUT2D eigenvalue weighted by Crippen LogP contribution is -2.46. The lowest BCUT2D eigenvalue weighted by molar-refractivity contribution is 0.0983. The fraction of sp³-hybridized carbons (Fsp3) is 0.438. The Morgan fingerprint density at radius 2 is 2.09 bits per heavy atom. The van der Waals surface area contributed by atoms with E-state index in [9.17, 15) is 4.79 Å². The van der Waals surface area contributed by atoms with Crippen molar-refractivity contribution in [2.24, 2.45) is 5.73 Å². The molecule has 0 aliphatic carbocycles. The monoisotopic (exact) mass is 335 g/mol. The van der Waals surface area contributed by atoms with E-state index in [-0.39, 0.29) is 5.91 Å². The average Bonchev–Trinajstić information content (AvgIpc) is 3.19. The van der Waals surface area contributed by atoms with Crippen LogP contribution in [0.3, 0.4) is 0 Å².